The van der Waals surface area contributed by atoms with E-state index in [1.807, 2.05) is 35.2 Å². The monoisotopic (exact) mass is 274 g/mol. The van der Waals surface area contributed by atoms with E-state index < -0.39 is 0 Å². The standard InChI is InChI=1S/C16H22N2O2/c1-13(19)17-15(14-8-4-2-5-9-14)12-18-11-7-3-6-10-16(18)20/h2,4-5,8-9,15H,3,6-7,10-12H2,1H3,(H,17,19). The van der Waals surface area contributed by atoms with E-state index in [1.54, 1.807) is 0 Å². The predicted octanol–water partition coefficient (Wildman–Crippen LogP) is 2.27. The first-order chi connectivity index (χ1) is 9.66. The molecule has 1 saturated heterocycles. The molecule has 1 heterocycles. The number of likely N-dealkylation sites (tertiary alicyclic amines) is 1. The molecular formula is C16H22N2O2. The number of hydrogen-bond donors (Lipinski definition) is 1. The predicted molar refractivity (Wildman–Crippen MR) is 78.0 cm³/mol. The summed E-state index contributed by atoms with van der Waals surface area (Å²) in [6.45, 7) is 2.87. The van der Waals surface area contributed by atoms with E-state index in [0.717, 1.165) is 31.4 Å². The molecule has 1 aliphatic heterocycles. The van der Waals surface area contributed by atoms with Crippen molar-refractivity contribution in [2.45, 2.75) is 38.6 Å². The summed E-state index contributed by atoms with van der Waals surface area (Å²) in [7, 11) is 0. The highest BCUT2D eigenvalue weighted by molar-refractivity contribution is 5.77. The van der Waals surface area contributed by atoms with Crippen molar-refractivity contribution in [2.24, 2.45) is 0 Å². The highest BCUT2D eigenvalue weighted by Gasteiger charge is 2.22. The van der Waals surface area contributed by atoms with Gasteiger partial charge in [-0.3, -0.25) is 9.59 Å². The highest BCUT2D eigenvalue weighted by Crippen LogP contribution is 2.18. The van der Waals surface area contributed by atoms with Gasteiger partial charge < -0.3 is 10.2 Å². The zero-order valence-corrected chi connectivity index (χ0v) is 12.0. The molecule has 0 aromatic heterocycles. The normalized spacial score (nSPS) is 17.4. The number of nitrogens with zero attached hydrogens (tertiary/aromatic N) is 1. The zero-order valence-electron chi connectivity index (χ0n) is 12.0. The quantitative estimate of drug-likeness (QED) is 0.915. The molecular weight excluding hydrogens is 252 g/mol. The topological polar surface area (TPSA) is 49.4 Å². The van der Waals surface area contributed by atoms with Crippen molar-refractivity contribution >= 4 is 11.8 Å². The van der Waals surface area contributed by atoms with Crippen LogP contribution >= 0.6 is 0 Å². The van der Waals surface area contributed by atoms with Crippen molar-refractivity contribution in [2.75, 3.05) is 13.1 Å². The minimum Gasteiger partial charge on any atom is -0.348 e. The van der Waals surface area contributed by atoms with Crippen molar-refractivity contribution in [1.82, 2.24) is 10.2 Å². The second-order valence-corrected chi connectivity index (χ2v) is 5.31. The molecule has 108 valence electrons. The van der Waals surface area contributed by atoms with Crippen molar-refractivity contribution < 1.29 is 9.59 Å². The van der Waals surface area contributed by atoms with Gasteiger partial charge >= 0.3 is 0 Å². The van der Waals surface area contributed by atoms with Crippen LogP contribution in [0.1, 0.15) is 44.2 Å². The maximum atomic E-state index is 12.1. The van der Waals surface area contributed by atoms with Gasteiger partial charge in [-0.1, -0.05) is 36.8 Å². The summed E-state index contributed by atoms with van der Waals surface area (Å²) in [6, 6.07) is 9.70. The summed E-state index contributed by atoms with van der Waals surface area (Å²) in [5, 5.41) is 2.95. The Balaban J connectivity index is 2.10. The molecule has 0 radical (unpaired) electrons. The Morgan fingerprint density at radius 2 is 2.00 bits per heavy atom. The molecule has 4 nitrogen and oxygen atoms in total. The van der Waals surface area contributed by atoms with E-state index in [1.165, 1.54) is 6.92 Å². The molecule has 0 spiro atoms. The third-order valence-electron chi connectivity index (χ3n) is 3.65. The van der Waals surface area contributed by atoms with Crippen LogP contribution in [0.3, 0.4) is 0 Å². The van der Waals surface area contributed by atoms with Gasteiger partial charge in [0.15, 0.2) is 0 Å². The van der Waals surface area contributed by atoms with Crippen LogP contribution in [0, 0.1) is 0 Å². The summed E-state index contributed by atoms with van der Waals surface area (Å²) < 4.78 is 0. The fourth-order valence-corrected chi connectivity index (χ4v) is 2.62. The van der Waals surface area contributed by atoms with E-state index in [9.17, 15) is 9.59 Å². The Hall–Kier alpha value is -1.84. The molecule has 1 N–H and O–H groups in total. The molecule has 2 rings (SSSR count). The Morgan fingerprint density at radius 1 is 1.25 bits per heavy atom. The average Bonchev–Trinajstić information content (AvgIpc) is 2.64. The lowest BCUT2D eigenvalue weighted by Crippen LogP contribution is -2.40. The van der Waals surface area contributed by atoms with E-state index in [-0.39, 0.29) is 17.9 Å². The van der Waals surface area contributed by atoms with E-state index in [4.69, 9.17) is 0 Å². The van der Waals surface area contributed by atoms with Gasteiger partial charge in [0.1, 0.15) is 0 Å². The SMILES string of the molecule is CC(=O)NC(CN1CCCCCC1=O)c1ccccc1. The number of carbonyl (C=O) groups is 2. The number of nitrogens with one attached hydrogen (secondary N) is 1. The fourth-order valence-electron chi connectivity index (χ4n) is 2.62. The molecule has 1 atom stereocenters. The summed E-state index contributed by atoms with van der Waals surface area (Å²) in [5.74, 6) is 0.134. The minimum atomic E-state index is -0.129. The van der Waals surface area contributed by atoms with Crippen LogP contribution in [0.4, 0.5) is 0 Å². The van der Waals surface area contributed by atoms with Crippen LogP contribution in [-0.2, 0) is 9.59 Å². The van der Waals surface area contributed by atoms with Crippen molar-refractivity contribution in [3.63, 3.8) is 0 Å². The van der Waals surface area contributed by atoms with Crippen molar-refractivity contribution in [3.05, 3.63) is 35.9 Å². The molecule has 1 aliphatic rings. The number of hydrogen-bond acceptors (Lipinski definition) is 2. The largest absolute Gasteiger partial charge is 0.348 e. The first-order valence-electron chi connectivity index (χ1n) is 7.26. The summed E-state index contributed by atoms with van der Waals surface area (Å²) in [6.07, 6.45) is 3.76. The Morgan fingerprint density at radius 3 is 2.70 bits per heavy atom. The van der Waals surface area contributed by atoms with Gasteiger partial charge in [-0.05, 0) is 18.4 Å². The van der Waals surface area contributed by atoms with Crippen LogP contribution in [0.25, 0.3) is 0 Å². The fraction of sp³-hybridized carbons (Fsp3) is 0.500. The maximum Gasteiger partial charge on any atom is 0.222 e. The first kappa shape index (κ1) is 14.6. The second-order valence-electron chi connectivity index (χ2n) is 5.31. The van der Waals surface area contributed by atoms with Crippen LogP contribution in [-0.4, -0.2) is 29.8 Å². The smallest absolute Gasteiger partial charge is 0.222 e. The zero-order chi connectivity index (χ0) is 14.4. The van der Waals surface area contributed by atoms with E-state index in [0.29, 0.717) is 13.0 Å². The molecule has 1 aromatic rings. The minimum absolute atomic E-state index is 0.0684. The van der Waals surface area contributed by atoms with Gasteiger partial charge in [0.2, 0.25) is 11.8 Å². The van der Waals surface area contributed by atoms with Gasteiger partial charge in [0.25, 0.3) is 0 Å². The number of amides is 2. The average molecular weight is 274 g/mol. The molecule has 4 heteroatoms. The van der Waals surface area contributed by atoms with Crippen LogP contribution in [0.5, 0.6) is 0 Å². The van der Waals surface area contributed by atoms with Crippen molar-refractivity contribution in [1.29, 1.82) is 0 Å². The molecule has 0 bridgehead atoms. The summed E-state index contributed by atoms with van der Waals surface area (Å²) in [4.78, 5) is 25.4. The van der Waals surface area contributed by atoms with E-state index >= 15 is 0 Å². The third-order valence-corrected chi connectivity index (χ3v) is 3.65. The lowest BCUT2D eigenvalue weighted by molar-refractivity contribution is -0.131. The lowest BCUT2D eigenvalue weighted by atomic mass is 10.1. The maximum absolute atomic E-state index is 12.1. The van der Waals surface area contributed by atoms with Crippen LogP contribution in [0.15, 0.2) is 30.3 Å². The Bertz CT molecular complexity index is 459. The molecule has 2 amide bonds. The van der Waals surface area contributed by atoms with Gasteiger partial charge in [-0.2, -0.15) is 0 Å². The lowest BCUT2D eigenvalue weighted by Gasteiger charge is -2.27. The van der Waals surface area contributed by atoms with Crippen molar-refractivity contribution in [3.8, 4) is 0 Å². The third kappa shape index (κ3) is 4.08. The number of rotatable bonds is 4. The number of carbonyl (C=O) groups excluding carboxylic acids is 2. The first-order valence-corrected chi connectivity index (χ1v) is 7.26. The Labute approximate surface area is 120 Å². The number of benzene rings is 1. The van der Waals surface area contributed by atoms with Crippen LogP contribution < -0.4 is 5.32 Å². The molecule has 1 fully saturated rings. The summed E-state index contributed by atoms with van der Waals surface area (Å²) >= 11 is 0. The highest BCUT2D eigenvalue weighted by atomic mass is 16.2. The molecule has 1 unspecified atom stereocenters. The molecule has 0 saturated carbocycles. The van der Waals surface area contributed by atoms with E-state index in [2.05, 4.69) is 5.32 Å². The van der Waals surface area contributed by atoms with Gasteiger partial charge in [0.05, 0.1) is 6.04 Å². The second kappa shape index (κ2) is 7.08. The Kier molecular flexibility index (Phi) is 5.16. The molecule has 20 heavy (non-hydrogen) atoms. The van der Waals surface area contributed by atoms with Gasteiger partial charge in [0, 0.05) is 26.4 Å². The summed E-state index contributed by atoms with van der Waals surface area (Å²) in [5.41, 5.74) is 1.04. The van der Waals surface area contributed by atoms with Crippen LogP contribution in [0.2, 0.25) is 0 Å². The molecule has 1 aromatic carbocycles. The van der Waals surface area contributed by atoms with Gasteiger partial charge in [-0.15, -0.1) is 0 Å². The molecule has 0 aliphatic carbocycles. The van der Waals surface area contributed by atoms with Gasteiger partial charge in [-0.25, -0.2) is 0 Å².